The van der Waals surface area contributed by atoms with Crippen LogP contribution in [0.15, 0.2) is 42.7 Å². The Bertz CT molecular complexity index is 620. The molecule has 0 bridgehead atoms. The summed E-state index contributed by atoms with van der Waals surface area (Å²) in [4.78, 5) is 10.8. The van der Waals surface area contributed by atoms with Gasteiger partial charge in [-0.15, -0.1) is 0 Å². The van der Waals surface area contributed by atoms with Crippen molar-refractivity contribution in [3.63, 3.8) is 0 Å². The number of benzene rings is 1. The molecule has 5 heteroatoms. The summed E-state index contributed by atoms with van der Waals surface area (Å²) in [5.74, 6) is 1.66. The first kappa shape index (κ1) is 14.8. The Morgan fingerprint density at radius 3 is 2.68 bits per heavy atom. The van der Waals surface area contributed by atoms with Gasteiger partial charge in [-0.3, -0.25) is 0 Å². The quantitative estimate of drug-likeness (QED) is 0.849. The van der Waals surface area contributed by atoms with Gasteiger partial charge in [0.1, 0.15) is 18.0 Å². The summed E-state index contributed by atoms with van der Waals surface area (Å²) in [6.45, 7) is 4.18. The highest BCUT2D eigenvalue weighted by atomic mass is 16.5. The van der Waals surface area contributed by atoms with Gasteiger partial charge in [0.2, 0.25) is 5.95 Å². The molecule has 0 amide bonds. The zero-order chi connectivity index (χ0) is 15.4. The summed E-state index contributed by atoms with van der Waals surface area (Å²) in [5, 5.41) is 0. The fourth-order valence-corrected chi connectivity index (χ4v) is 2.74. The number of rotatable bonds is 5. The van der Waals surface area contributed by atoms with E-state index in [0.29, 0.717) is 6.61 Å². The smallest absolute Gasteiger partial charge is 0.225 e. The Morgan fingerprint density at radius 2 is 1.95 bits per heavy atom. The molecular formula is C17H21N3O2. The standard InChI is InChI=1S/C17H21N3O2/c1-14-6-3-4-7-15(14)22-13-17(21-2)8-11-20(12-17)16-18-9-5-10-19-16/h3-7,9-10H,8,11-13H2,1-2H3/t17-/m1/s1. The van der Waals surface area contributed by atoms with Gasteiger partial charge in [-0.1, -0.05) is 18.2 Å². The molecule has 1 aliphatic heterocycles. The van der Waals surface area contributed by atoms with E-state index in [-0.39, 0.29) is 5.60 Å². The lowest BCUT2D eigenvalue weighted by Crippen LogP contribution is -2.41. The zero-order valence-corrected chi connectivity index (χ0v) is 13.0. The molecule has 2 heterocycles. The normalized spacial score (nSPS) is 21.1. The monoisotopic (exact) mass is 299 g/mol. The molecule has 116 valence electrons. The second kappa shape index (κ2) is 6.32. The van der Waals surface area contributed by atoms with Crippen LogP contribution in [0.25, 0.3) is 0 Å². The van der Waals surface area contributed by atoms with Crippen molar-refractivity contribution in [1.29, 1.82) is 0 Å². The number of nitrogens with zero attached hydrogens (tertiary/aromatic N) is 3. The van der Waals surface area contributed by atoms with Gasteiger partial charge in [0.25, 0.3) is 0 Å². The third-order valence-corrected chi connectivity index (χ3v) is 4.17. The van der Waals surface area contributed by atoms with Crippen molar-refractivity contribution in [1.82, 2.24) is 9.97 Å². The first-order valence-corrected chi connectivity index (χ1v) is 7.48. The summed E-state index contributed by atoms with van der Waals surface area (Å²) in [6, 6.07) is 9.86. The minimum Gasteiger partial charge on any atom is -0.490 e. The molecule has 1 saturated heterocycles. The van der Waals surface area contributed by atoms with Gasteiger partial charge in [-0.2, -0.15) is 0 Å². The molecule has 0 saturated carbocycles. The van der Waals surface area contributed by atoms with E-state index in [2.05, 4.69) is 14.9 Å². The van der Waals surface area contributed by atoms with E-state index in [1.165, 1.54) is 0 Å². The van der Waals surface area contributed by atoms with E-state index in [9.17, 15) is 0 Å². The van der Waals surface area contributed by atoms with Crippen molar-refractivity contribution in [2.75, 3.05) is 31.7 Å². The molecule has 1 aromatic heterocycles. The highest BCUT2D eigenvalue weighted by Gasteiger charge is 2.40. The topological polar surface area (TPSA) is 47.5 Å². The van der Waals surface area contributed by atoms with Crippen molar-refractivity contribution in [3.05, 3.63) is 48.3 Å². The van der Waals surface area contributed by atoms with Gasteiger partial charge in [0.15, 0.2) is 0 Å². The van der Waals surface area contributed by atoms with Gasteiger partial charge in [0.05, 0.1) is 6.54 Å². The van der Waals surface area contributed by atoms with Gasteiger partial charge in [0, 0.05) is 26.0 Å². The van der Waals surface area contributed by atoms with Crippen LogP contribution < -0.4 is 9.64 Å². The number of aromatic nitrogens is 2. The van der Waals surface area contributed by atoms with Crippen LogP contribution in [0.3, 0.4) is 0 Å². The average Bonchev–Trinajstić information content (AvgIpc) is 3.00. The molecule has 5 nitrogen and oxygen atoms in total. The summed E-state index contributed by atoms with van der Waals surface area (Å²) >= 11 is 0. The molecule has 0 spiro atoms. The maximum atomic E-state index is 6.01. The van der Waals surface area contributed by atoms with Crippen LogP contribution in [0.4, 0.5) is 5.95 Å². The molecule has 0 aliphatic carbocycles. The third kappa shape index (κ3) is 3.04. The van der Waals surface area contributed by atoms with E-state index < -0.39 is 0 Å². The fourth-order valence-electron chi connectivity index (χ4n) is 2.74. The Hall–Kier alpha value is -2.14. The molecule has 22 heavy (non-hydrogen) atoms. The lowest BCUT2D eigenvalue weighted by atomic mass is 10.0. The molecule has 3 rings (SSSR count). The van der Waals surface area contributed by atoms with Crippen LogP contribution in [0.1, 0.15) is 12.0 Å². The predicted octanol–water partition coefficient (Wildman–Crippen LogP) is 2.46. The van der Waals surface area contributed by atoms with Crippen molar-refractivity contribution >= 4 is 5.95 Å². The maximum absolute atomic E-state index is 6.01. The van der Waals surface area contributed by atoms with Crippen molar-refractivity contribution < 1.29 is 9.47 Å². The summed E-state index contributed by atoms with van der Waals surface area (Å²) < 4.78 is 11.8. The Labute approximate surface area is 130 Å². The molecule has 0 unspecified atom stereocenters. The van der Waals surface area contributed by atoms with Gasteiger partial charge in [-0.25, -0.2) is 9.97 Å². The molecule has 1 aromatic carbocycles. The lowest BCUT2D eigenvalue weighted by Gasteiger charge is -2.28. The van der Waals surface area contributed by atoms with Gasteiger partial charge < -0.3 is 14.4 Å². The van der Waals surface area contributed by atoms with Crippen LogP contribution in [0.2, 0.25) is 0 Å². The Balaban J connectivity index is 1.68. The van der Waals surface area contributed by atoms with Crippen LogP contribution in [0.5, 0.6) is 5.75 Å². The third-order valence-electron chi connectivity index (χ3n) is 4.17. The predicted molar refractivity (Wildman–Crippen MR) is 85.3 cm³/mol. The molecule has 0 radical (unpaired) electrons. The first-order chi connectivity index (χ1) is 10.7. The number of aryl methyl sites for hydroxylation is 1. The Kier molecular flexibility index (Phi) is 4.24. The second-order valence-electron chi connectivity index (χ2n) is 5.66. The highest BCUT2D eigenvalue weighted by Crippen LogP contribution is 2.29. The summed E-state index contributed by atoms with van der Waals surface area (Å²) in [6.07, 6.45) is 4.42. The molecular weight excluding hydrogens is 278 g/mol. The fraction of sp³-hybridized carbons (Fsp3) is 0.412. The largest absolute Gasteiger partial charge is 0.490 e. The zero-order valence-electron chi connectivity index (χ0n) is 13.0. The molecule has 1 fully saturated rings. The van der Waals surface area contributed by atoms with E-state index >= 15 is 0 Å². The molecule has 0 N–H and O–H groups in total. The number of ether oxygens (including phenoxy) is 2. The van der Waals surface area contributed by atoms with E-state index in [0.717, 1.165) is 36.8 Å². The summed E-state index contributed by atoms with van der Waals surface area (Å²) in [5.41, 5.74) is 0.816. The molecule has 2 aromatic rings. The number of para-hydroxylation sites is 1. The molecule has 1 atom stereocenters. The first-order valence-electron chi connectivity index (χ1n) is 7.48. The van der Waals surface area contributed by atoms with E-state index in [4.69, 9.17) is 9.47 Å². The van der Waals surface area contributed by atoms with Gasteiger partial charge >= 0.3 is 0 Å². The number of hydrogen-bond acceptors (Lipinski definition) is 5. The maximum Gasteiger partial charge on any atom is 0.225 e. The number of anilines is 1. The SMILES string of the molecule is CO[C@]1(COc2ccccc2C)CCN(c2ncccn2)C1. The van der Waals surface area contributed by atoms with E-state index in [1.54, 1.807) is 19.5 Å². The number of methoxy groups -OCH3 is 1. The van der Waals surface area contributed by atoms with Crippen molar-refractivity contribution in [2.45, 2.75) is 18.9 Å². The van der Waals surface area contributed by atoms with Crippen LogP contribution in [0, 0.1) is 6.92 Å². The summed E-state index contributed by atoms with van der Waals surface area (Å²) in [7, 11) is 1.75. The Morgan fingerprint density at radius 1 is 1.18 bits per heavy atom. The minimum absolute atomic E-state index is 0.318. The van der Waals surface area contributed by atoms with Crippen molar-refractivity contribution in [3.8, 4) is 5.75 Å². The van der Waals surface area contributed by atoms with E-state index in [1.807, 2.05) is 37.3 Å². The lowest BCUT2D eigenvalue weighted by molar-refractivity contribution is -0.0270. The highest BCUT2D eigenvalue weighted by molar-refractivity contribution is 5.34. The molecule has 1 aliphatic rings. The van der Waals surface area contributed by atoms with Gasteiger partial charge in [-0.05, 0) is 31.0 Å². The minimum atomic E-state index is -0.318. The second-order valence-corrected chi connectivity index (χ2v) is 5.66. The number of hydrogen-bond donors (Lipinski definition) is 0. The van der Waals surface area contributed by atoms with Crippen molar-refractivity contribution in [2.24, 2.45) is 0 Å². The van der Waals surface area contributed by atoms with Crippen LogP contribution >= 0.6 is 0 Å². The van der Waals surface area contributed by atoms with Crippen LogP contribution in [-0.2, 0) is 4.74 Å². The average molecular weight is 299 g/mol. The van der Waals surface area contributed by atoms with Crippen LogP contribution in [-0.4, -0.2) is 42.4 Å².